The van der Waals surface area contributed by atoms with E-state index in [1.807, 2.05) is 13.8 Å². The van der Waals surface area contributed by atoms with E-state index in [-0.39, 0.29) is 35.1 Å². The van der Waals surface area contributed by atoms with Crippen molar-refractivity contribution < 1.29 is 33.4 Å². The van der Waals surface area contributed by atoms with Crippen LogP contribution in [0.3, 0.4) is 0 Å². The number of cyclic esters (lactones) is 3. The molecule has 7 saturated carbocycles. The Morgan fingerprint density at radius 1 is 0.867 bits per heavy atom. The summed E-state index contributed by atoms with van der Waals surface area (Å²) in [6.07, 6.45) is 12.9. The fourth-order valence-electron chi connectivity index (χ4n) is 14.9. The molecule has 9 fully saturated rings. The maximum Gasteiger partial charge on any atom is 0.318 e. The first kappa shape index (κ1) is 29.2. The van der Waals surface area contributed by atoms with Crippen LogP contribution in [0.1, 0.15) is 105 Å². The quantitative estimate of drug-likeness (QED) is 0.194. The van der Waals surface area contributed by atoms with Gasteiger partial charge in [0.1, 0.15) is 5.60 Å². The third-order valence-corrected chi connectivity index (χ3v) is 16.7. The lowest BCUT2D eigenvalue weighted by Crippen LogP contribution is -2.52. The Bertz CT molecular complexity index is 1340. The minimum Gasteiger partial charge on any atom is -0.465 e. The minimum absolute atomic E-state index is 0.00166. The number of esters is 4. The van der Waals surface area contributed by atoms with Gasteiger partial charge in [-0.15, -0.1) is 0 Å². The smallest absolute Gasteiger partial charge is 0.318 e. The lowest BCUT2D eigenvalue weighted by atomic mass is 9.54. The average Bonchev–Trinajstić information content (AvgIpc) is 3.84. The van der Waals surface area contributed by atoms with Crippen LogP contribution in [0.15, 0.2) is 0 Å². The molecule has 0 aromatic rings. The summed E-state index contributed by atoms with van der Waals surface area (Å²) in [4.78, 5) is 55.2. The van der Waals surface area contributed by atoms with Gasteiger partial charge in [0.05, 0.1) is 29.3 Å². The predicted octanol–water partition coefficient (Wildman–Crippen LogP) is 6.36. The molecule has 2 saturated heterocycles. The number of ether oxygens (including phenoxy) is 3. The third-order valence-electron chi connectivity index (χ3n) is 16.7. The number of rotatable bonds is 6. The second-order valence-corrected chi connectivity index (χ2v) is 18.1. The molecule has 0 N–H and O–H groups in total. The lowest BCUT2D eigenvalue weighted by Gasteiger charge is -2.48. The Kier molecular flexibility index (Phi) is 6.23. The highest BCUT2D eigenvalue weighted by atomic mass is 16.6. The van der Waals surface area contributed by atoms with Crippen LogP contribution in [0.2, 0.25) is 0 Å². The molecule has 2 aliphatic heterocycles. The van der Waals surface area contributed by atoms with E-state index in [0.717, 1.165) is 63.7 Å². The van der Waals surface area contributed by atoms with Crippen LogP contribution in [0.5, 0.6) is 0 Å². The van der Waals surface area contributed by atoms with Crippen molar-refractivity contribution in [2.75, 3.05) is 6.61 Å². The van der Waals surface area contributed by atoms with Gasteiger partial charge in [0, 0.05) is 5.92 Å². The van der Waals surface area contributed by atoms with Crippen molar-refractivity contribution >= 4 is 23.9 Å². The third kappa shape index (κ3) is 3.65. The summed E-state index contributed by atoms with van der Waals surface area (Å²) in [5.74, 6) is 2.46. The number of carbonyl (C=O) groups is 4. The van der Waals surface area contributed by atoms with Crippen molar-refractivity contribution in [2.45, 2.75) is 110 Å². The topological polar surface area (TPSA) is 96.0 Å². The second-order valence-electron chi connectivity index (χ2n) is 18.1. The molecule has 45 heavy (non-hydrogen) atoms. The Labute approximate surface area is 267 Å². The maximum atomic E-state index is 14.4. The van der Waals surface area contributed by atoms with Crippen LogP contribution in [-0.4, -0.2) is 36.1 Å². The van der Waals surface area contributed by atoms with Gasteiger partial charge >= 0.3 is 23.9 Å². The number of hydrogen-bond donors (Lipinski definition) is 0. The second kappa shape index (κ2) is 9.58. The molecular formula is C38H52O7. The van der Waals surface area contributed by atoms with Gasteiger partial charge in [0.15, 0.2) is 0 Å². The van der Waals surface area contributed by atoms with Gasteiger partial charge in [-0.1, -0.05) is 20.3 Å². The summed E-state index contributed by atoms with van der Waals surface area (Å²) in [5.41, 5.74) is -1.99. The maximum absolute atomic E-state index is 14.4. The fourth-order valence-corrected chi connectivity index (χ4v) is 14.9. The monoisotopic (exact) mass is 620 g/mol. The molecule has 7 nitrogen and oxygen atoms in total. The van der Waals surface area contributed by atoms with Crippen molar-refractivity contribution in [3.63, 3.8) is 0 Å². The van der Waals surface area contributed by atoms with Gasteiger partial charge in [-0.3, -0.25) is 19.2 Å². The summed E-state index contributed by atoms with van der Waals surface area (Å²) in [6, 6.07) is 0. The van der Waals surface area contributed by atoms with Crippen molar-refractivity contribution in [1.82, 2.24) is 0 Å². The van der Waals surface area contributed by atoms with Gasteiger partial charge in [-0.2, -0.15) is 0 Å². The summed E-state index contributed by atoms with van der Waals surface area (Å²) >= 11 is 0. The lowest BCUT2D eigenvalue weighted by molar-refractivity contribution is -0.187. The molecule has 9 aliphatic rings. The molecule has 246 valence electrons. The summed E-state index contributed by atoms with van der Waals surface area (Å²) in [6.45, 7) is 8.73. The number of fused-ring (bicyclic) bond motifs is 10. The molecule has 0 aromatic carbocycles. The minimum atomic E-state index is -1.17. The number of hydrogen-bond acceptors (Lipinski definition) is 7. The van der Waals surface area contributed by atoms with Gasteiger partial charge in [-0.05, 0) is 150 Å². The van der Waals surface area contributed by atoms with E-state index in [0.29, 0.717) is 54.0 Å². The van der Waals surface area contributed by atoms with Crippen LogP contribution in [0.25, 0.3) is 0 Å². The largest absolute Gasteiger partial charge is 0.465 e. The average molecular weight is 621 g/mol. The first-order chi connectivity index (χ1) is 21.5. The standard InChI is InChI=1S/C38H52O7/c1-5-38(17-22-15-25(38)24-8-6-7-23(22)24)45-34(41)36(3,4)31-30(32(39)44-33(31)40)29-20-10-9-19(13-20)28(29)27-18(2)21-14-26(27)37(16-21)11-12-43-35(37)42/h18-31H,5-17H2,1-4H3. The zero-order valence-corrected chi connectivity index (χ0v) is 27.6. The molecule has 0 aromatic heterocycles. The number of carbonyl (C=O) groups excluding carboxylic acids is 4. The first-order valence-electron chi connectivity index (χ1n) is 18.7. The molecule has 16 unspecified atom stereocenters. The Morgan fingerprint density at radius 2 is 1.60 bits per heavy atom. The van der Waals surface area contributed by atoms with Crippen molar-refractivity contribution in [1.29, 1.82) is 0 Å². The zero-order chi connectivity index (χ0) is 31.2. The van der Waals surface area contributed by atoms with Gasteiger partial charge in [0.25, 0.3) is 0 Å². The van der Waals surface area contributed by atoms with E-state index in [1.54, 1.807) is 0 Å². The van der Waals surface area contributed by atoms with E-state index in [1.165, 1.54) is 19.3 Å². The highest BCUT2D eigenvalue weighted by Crippen LogP contribution is 2.72. The molecule has 2 heterocycles. The molecule has 0 amide bonds. The normalized spacial score (nSPS) is 54.0. The van der Waals surface area contributed by atoms with Crippen LogP contribution in [0.4, 0.5) is 0 Å². The molecule has 16 atom stereocenters. The van der Waals surface area contributed by atoms with Crippen molar-refractivity contribution in [3.8, 4) is 0 Å². The Morgan fingerprint density at radius 3 is 2.31 bits per heavy atom. The van der Waals surface area contributed by atoms with E-state index in [4.69, 9.17) is 14.2 Å². The van der Waals surface area contributed by atoms with E-state index in [2.05, 4.69) is 13.8 Å². The molecular weight excluding hydrogens is 568 g/mol. The Balaban J connectivity index is 1.03. The van der Waals surface area contributed by atoms with Crippen LogP contribution in [-0.2, 0) is 33.4 Å². The summed E-state index contributed by atoms with van der Waals surface area (Å²) < 4.78 is 17.8. The zero-order valence-electron chi connectivity index (χ0n) is 27.6. The van der Waals surface area contributed by atoms with Crippen molar-refractivity contribution in [3.05, 3.63) is 0 Å². The molecule has 7 aliphatic carbocycles. The first-order valence-corrected chi connectivity index (χ1v) is 18.7. The molecule has 1 spiro atoms. The van der Waals surface area contributed by atoms with E-state index >= 15 is 0 Å². The van der Waals surface area contributed by atoms with E-state index in [9.17, 15) is 19.2 Å². The molecule has 7 heteroatoms. The molecule has 6 bridgehead atoms. The van der Waals surface area contributed by atoms with Crippen LogP contribution >= 0.6 is 0 Å². The highest BCUT2D eigenvalue weighted by molar-refractivity contribution is 6.00. The predicted molar refractivity (Wildman–Crippen MR) is 163 cm³/mol. The molecule has 0 radical (unpaired) electrons. The van der Waals surface area contributed by atoms with Gasteiger partial charge in [-0.25, -0.2) is 0 Å². The van der Waals surface area contributed by atoms with Crippen molar-refractivity contribution in [2.24, 2.45) is 93.7 Å². The highest BCUT2D eigenvalue weighted by Gasteiger charge is 2.71. The molecule has 9 rings (SSSR count). The summed E-state index contributed by atoms with van der Waals surface area (Å²) in [5, 5.41) is 0. The van der Waals surface area contributed by atoms with Crippen LogP contribution in [0, 0.1) is 93.7 Å². The summed E-state index contributed by atoms with van der Waals surface area (Å²) in [7, 11) is 0. The SMILES string of the molecule is CCC1(OC(=O)C(C)(C)C2C(=O)OC(=O)C2C2C3CCC(C3)C2C2C(C)C3CC2C2(CCOC2=O)C3)CC2CC1C1CCCC21. The van der Waals surface area contributed by atoms with Gasteiger partial charge in [0.2, 0.25) is 0 Å². The van der Waals surface area contributed by atoms with Crippen LogP contribution < -0.4 is 0 Å². The Hall–Kier alpha value is -1.92. The van der Waals surface area contributed by atoms with E-state index < -0.39 is 34.8 Å². The van der Waals surface area contributed by atoms with Gasteiger partial charge < -0.3 is 14.2 Å². The fraction of sp³-hybridized carbons (Fsp3) is 0.895.